The molecule has 0 saturated carbocycles. The number of sulfonamides is 1. The number of methoxy groups -OCH3 is 1. The SMILES string of the molecule is COCC(C)NS(=O)(=O)c1cc(C(=O)O)cc(C)c1Br. The van der Waals surface area contributed by atoms with Crippen molar-refractivity contribution in [2.45, 2.75) is 24.8 Å². The van der Waals surface area contributed by atoms with Crippen molar-refractivity contribution in [3.63, 3.8) is 0 Å². The summed E-state index contributed by atoms with van der Waals surface area (Å²) in [4.78, 5) is 10.9. The zero-order chi connectivity index (χ0) is 15.5. The van der Waals surface area contributed by atoms with Crippen molar-refractivity contribution in [3.05, 3.63) is 27.7 Å². The number of carboxylic acids is 1. The molecule has 0 bridgehead atoms. The lowest BCUT2D eigenvalue weighted by atomic mass is 10.1. The van der Waals surface area contributed by atoms with Crippen molar-refractivity contribution in [1.29, 1.82) is 0 Å². The first kappa shape index (κ1) is 17.1. The van der Waals surface area contributed by atoms with Crippen LogP contribution in [0.4, 0.5) is 0 Å². The summed E-state index contributed by atoms with van der Waals surface area (Å²) < 4.78 is 32.2. The lowest BCUT2D eigenvalue weighted by Gasteiger charge is -2.15. The first-order valence-corrected chi connectivity index (χ1v) is 8.01. The molecule has 0 aliphatic rings. The number of ether oxygens (including phenoxy) is 1. The Balaban J connectivity index is 3.27. The minimum atomic E-state index is -3.83. The standard InChI is InChI=1S/C12H16BrNO5S/c1-7-4-9(12(15)16)5-10(11(7)13)20(17,18)14-8(2)6-19-3/h4-5,8,14H,6H2,1-3H3,(H,15,16). The second-order valence-electron chi connectivity index (χ2n) is 4.39. The quantitative estimate of drug-likeness (QED) is 0.801. The number of nitrogens with one attached hydrogen (secondary N) is 1. The summed E-state index contributed by atoms with van der Waals surface area (Å²) in [5.74, 6) is -1.18. The molecule has 0 amide bonds. The zero-order valence-corrected chi connectivity index (χ0v) is 13.7. The number of hydrogen-bond donors (Lipinski definition) is 2. The van der Waals surface area contributed by atoms with Crippen LogP contribution in [-0.2, 0) is 14.8 Å². The Kier molecular flexibility index (Phi) is 5.69. The lowest BCUT2D eigenvalue weighted by molar-refractivity contribution is 0.0696. The third kappa shape index (κ3) is 4.02. The molecule has 1 rings (SSSR count). The summed E-state index contributed by atoms with van der Waals surface area (Å²) in [7, 11) is -2.36. The number of halogens is 1. The van der Waals surface area contributed by atoms with Gasteiger partial charge in [0.1, 0.15) is 0 Å². The number of benzene rings is 1. The number of hydrogen-bond acceptors (Lipinski definition) is 4. The van der Waals surface area contributed by atoms with Crippen LogP contribution >= 0.6 is 15.9 Å². The molecular weight excluding hydrogens is 350 g/mol. The van der Waals surface area contributed by atoms with Gasteiger partial charge >= 0.3 is 5.97 Å². The van der Waals surface area contributed by atoms with Crippen LogP contribution in [0.25, 0.3) is 0 Å². The van der Waals surface area contributed by atoms with Crippen molar-refractivity contribution in [2.75, 3.05) is 13.7 Å². The van der Waals surface area contributed by atoms with Crippen LogP contribution in [0, 0.1) is 6.92 Å². The van der Waals surface area contributed by atoms with E-state index in [1.165, 1.54) is 13.2 Å². The molecule has 0 heterocycles. The van der Waals surface area contributed by atoms with Crippen molar-refractivity contribution in [3.8, 4) is 0 Å². The van der Waals surface area contributed by atoms with E-state index in [-0.39, 0.29) is 17.1 Å². The van der Waals surface area contributed by atoms with Crippen LogP contribution in [0.3, 0.4) is 0 Å². The molecule has 0 aromatic heterocycles. The number of carboxylic acid groups (broad SMARTS) is 1. The average Bonchev–Trinajstić information content (AvgIpc) is 2.31. The average molecular weight is 366 g/mol. The summed E-state index contributed by atoms with van der Waals surface area (Å²) in [5, 5.41) is 9.01. The van der Waals surface area contributed by atoms with E-state index >= 15 is 0 Å². The third-order valence-corrected chi connectivity index (χ3v) is 5.46. The van der Waals surface area contributed by atoms with E-state index in [2.05, 4.69) is 20.7 Å². The number of aryl methyl sites for hydroxylation is 1. The van der Waals surface area contributed by atoms with Gasteiger partial charge in [-0.3, -0.25) is 0 Å². The molecule has 6 nitrogen and oxygen atoms in total. The zero-order valence-electron chi connectivity index (χ0n) is 11.3. The van der Waals surface area contributed by atoms with Gasteiger partial charge in [0.25, 0.3) is 0 Å². The minimum absolute atomic E-state index is 0.0783. The monoisotopic (exact) mass is 365 g/mol. The van der Waals surface area contributed by atoms with E-state index in [1.807, 2.05) is 0 Å². The molecular formula is C12H16BrNO5S. The van der Waals surface area contributed by atoms with Gasteiger partial charge < -0.3 is 9.84 Å². The molecule has 20 heavy (non-hydrogen) atoms. The highest BCUT2D eigenvalue weighted by Gasteiger charge is 2.23. The van der Waals surface area contributed by atoms with E-state index in [4.69, 9.17) is 9.84 Å². The molecule has 112 valence electrons. The topological polar surface area (TPSA) is 92.7 Å². The Hall–Kier alpha value is -0.960. The van der Waals surface area contributed by atoms with Gasteiger partial charge in [0, 0.05) is 17.6 Å². The minimum Gasteiger partial charge on any atom is -0.478 e. The fourth-order valence-corrected chi connectivity index (χ4v) is 3.94. The van der Waals surface area contributed by atoms with E-state index in [0.29, 0.717) is 10.0 Å². The number of rotatable bonds is 6. The maximum atomic E-state index is 12.3. The molecule has 1 atom stereocenters. The van der Waals surface area contributed by atoms with Gasteiger partial charge in [0.2, 0.25) is 10.0 Å². The maximum Gasteiger partial charge on any atom is 0.335 e. The van der Waals surface area contributed by atoms with E-state index in [9.17, 15) is 13.2 Å². The molecule has 1 aromatic rings. The van der Waals surface area contributed by atoms with Crippen molar-refractivity contribution >= 4 is 31.9 Å². The van der Waals surface area contributed by atoms with Crippen LogP contribution in [0.5, 0.6) is 0 Å². The molecule has 0 saturated heterocycles. The largest absolute Gasteiger partial charge is 0.478 e. The van der Waals surface area contributed by atoms with E-state index < -0.39 is 22.0 Å². The molecule has 8 heteroatoms. The highest BCUT2D eigenvalue weighted by atomic mass is 79.9. The van der Waals surface area contributed by atoms with Gasteiger partial charge in [-0.2, -0.15) is 0 Å². The Labute approximate surface area is 126 Å². The lowest BCUT2D eigenvalue weighted by Crippen LogP contribution is -2.35. The Morgan fingerprint density at radius 2 is 2.10 bits per heavy atom. The highest BCUT2D eigenvalue weighted by molar-refractivity contribution is 9.10. The van der Waals surface area contributed by atoms with Crippen molar-refractivity contribution < 1.29 is 23.1 Å². The molecule has 2 N–H and O–H groups in total. The Morgan fingerprint density at radius 1 is 1.50 bits per heavy atom. The predicted molar refractivity (Wildman–Crippen MR) is 77.5 cm³/mol. The first-order valence-electron chi connectivity index (χ1n) is 5.73. The summed E-state index contributed by atoms with van der Waals surface area (Å²) >= 11 is 3.18. The summed E-state index contributed by atoms with van der Waals surface area (Å²) in [6.45, 7) is 3.51. The van der Waals surface area contributed by atoms with Gasteiger partial charge in [-0.05, 0) is 47.5 Å². The predicted octanol–water partition coefficient (Wildman–Crippen LogP) is 1.77. The molecule has 1 aromatic carbocycles. The van der Waals surface area contributed by atoms with Crippen LogP contribution < -0.4 is 4.72 Å². The Bertz CT molecular complexity index is 615. The fraction of sp³-hybridized carbons (Fsp3) is 0.417. The third-order valence-electron chi connectivity index (χ3n) is 2.53. The second kappa shape index (κ2) is 6.66. The van der Waals surface area contributed by atoms with E-state index in [0.717, 1.165) is 6.07 Å². The smallest absolute Gasteiger partial charge is 0.335 e. The summed E-state index contributed by atoms with van der Waals surface area (Å²) in [6, 6.07) is 2.11. The van der Waals surface area contributed by atoms with Crippen molar-refractivity contribution in [1.82, 2.24) is 4.72 Å². The molecule has 0 aliphatic carbocycles. The van der Waals surface area contributed by atoms with Crippen LogP contribution in [0.2, 0.25) is 0 Å². The molecule has 0 radical (unpaired) electrons. The number of aromatic carboxylic acids is 1. The van der Waals surface area contributed by atoms with E-state index in [1.54, 1.807) is 13.8 Å². The maximum absolute atomic E-state index is 12.3. The van der Waals surface area contributed by atoms with Crippen LogP contribution in [0.15, 0.2) is 21.5 Å². The van der Waals surface area contributed by atoms with Gasteiger partial charge in [-0.25, -0.2) is 17.9 Å². The summed E-state index contributed by atoms with van der Waals surface area (Å²) in [5.41, 5.74) is 0.454. The number of carbonyl (C=O) groups is 1. The molecule has 0 aliphatic heterocycles. The molecule has 0 fully saturated rings. The fourth-order valence-electron chi connectivity index (χ4n) is 1.67. The van der Waals surface area contributed by atoms with Crippen LogP contribution in [0.1, 0.15) is 22.8 Å². The molecule has 1 unspecified atom stereocenters. The summed E-state index contributed by atoms with van der Waals surface area (Å²) in [6.07, 6.45) is 0. The van der Waals surface area contributed by atoms with Gasteiger partial charge in [-0.15, -0.1) is 0 Å². The van der Waals surface area contributed by atoms with Crippen LogP contribution in [-0.4, -0.2) is 39.3 Å². The highest BCUT2D eigenvalue weighted by Crippen LogP contribution is 2.27. The van der Waals surface area contributed by atoms with Gasteiger partial charge in [0.05, 0.1) is 17.1 Å². The Morgan fingerprint density at radius 3 is 2.60 bits per heavy atom. The first-order chi connectivity index (χ1) is 9.19. The van der Waals surface area contributed by atoms with Gasteiger partial charge in [0.15, 0.2) is 0 Å². The van der Waals surface area contributed by atoms with Crippen molar-refractivity contribution in [2.24, 2.45) is 0 Å². The molecule has 0 spiro atoms. The normalized spacial score (nSPS) is 13.2. The van der Waals surface area contributed by atoms with Gasteiger partial charge in [-0.1, -0.05) is 0 Å². The second-order valence-corrected chi connectivity index (χ2v) is 6.86.